The molecule has 0 radical (unpaired) electrons. The molecule has 1 atom stereocenters. The Hall–Kier alpha value is -3.66. The summed E-state index contributed by atoms with van der Waals surface area (Å²) in [5.41, 5.74) is 7.39. The van der Waals surface area contributed by atoms with Crippen LogP contribution in [0, 0.1) is 0 Å². The van der Waals surface area contributed by atoms with E-state index >= 15 is 0 Å². The van der Waals surface area contributed by atoms with Gasteiger partial charge in [0, 0.05) is 43.5 Å². The van der Waals surface area contributed by atoms with Crippen molar-refractivity contribution in [1.82, 2.24) is 19.5 Å². The van der Waals surface area contributed by atoms with E-state index in [1.807, 2.05) is 30.9 Å². The minimum atomic E-state index is -0.362. The quantitative estimate of drug-likeness (QED) is 0.585. The Kier molecular flexibility index (Phi) is 5.16. The molecule has 0 unspecified atom stereocenters. The van der Waals surface area contributed by atoms with Gasteiger partial charge >= 0.3 is 0 Å². The number of nitrogens with zero attached hydrogens (tertiary/aromatic N) is 4. The highest BCUT2D eigenvalue weighted by Gasteiger charge is 2.33. The van der Waals surface area contributed by atoms with E-state index in [0.29, 0.717) is 29.2 Å². The number of nitrogens with one attached hydrogen (secondary N) is 1. The van der Waals surface area contributed by atoms with Crippen molar-refractivity contribution >= 4 is 23.1 Å². The van der Waals surface area contributed by atoms with E-state index in [4.69, 9.17) is 15.2 Å². The Morgan fingerprint density at radius 2 is 2.21 bits per heavy atom. The van der Waals surface area contributed by atoms with Crippen molar-refractivity contribution in [3.8, 4) is 11.5 Å². The first-order valence-electron chi connectivity index (χ1n) is 10.9. The molecule has 10 nitrogen and oxygen atoms in total. The summed E-state index contributed by atoms with van der Waals surface area (Å²) in [5, 5.41) is 7.17. The first-order chi connectivity index (χ1) is 15.8. The van der Waals surface area contributed by atoms with E-state index in [1.165, 1.54) is 6.20 Å². The highest BCUT2D eigenvalue weighted by atomic mass is 16.5. The molecule has 1 aromatic carbocycles. The molecule has 10 heteroatoms. The van der Waals surface area contributed by atoms with Crippen molar-refractivity contribution in [3.05, 3.63) is 47.9 Å². The van der Waals surface area contributed by atoms with Gasteiger partial charge in [0.15, 0.2) is 5.65 Å². The SMILES string of the molecule is CC1(C)Cc2cc(NC(=O)c3cnn4cccnc34)c(O[C@H]3CCN(CC(N)=O)C3)cc2O1. The molecule has 3 N–H and O–H groups in total. The van der Waals surface area contributed by atoms with Gasteiger partial charge in [-0.05, 0) is 32.4 Å². The molecule has 0 bridgehead atoms. The van der Waals surface area contributed by atoms with E-state index in [0.717, 1.165) is 30.7 Å². The zero-order chi connectivity index (χ0) is 23.2. The number of nitrogens with two attached hydrogens (primary N) is 1. The van der Waals surface area contributed by atoms with Gasteiger partial charge in [-0.15, -0.1) is 0 Å². The first kappa shape index (κ1) is 21.2. The van der Waals surface area contributed by atoms with E-state index in [-0.39, 0.29) is 30.1 Å². The van der Waals surface area contributed by atoms with Crippen LogP contribution in [0.5, 0.6) is 11.5 Å². The summed E-state index contributed by atoms with van der Waals surface area (Å²) < 4.78 is 13.9. The van der Waals surface area contributed by atoms with E-state index in [9.17, 15) is 9.59 Å². The number of anilines is 1. The van der Waals surface area contributed by atoms with Crippen LogP contribution in [0.1, 0.15) is 36.2 Å². The minimum absolute atomic E-state index is 0.133. The number of primary amides is 1. The number of aromatic nitrogens is 3. The molecule has 4 heterocycles. The maximum absolute atomic E-state index is 13.1. The van der Waals surface area contributed by atoms with Crippen LogP contribution < -0.4 is 20.5 Å². The molecule has 2 aromatic heterocycles. The van der Waals surface area contributed by atoms with Gasteiger partial charge in [-0.2, -0.15) is 5.10 Å². The van der Waals surface area contributed by atoms with Crippen molar-refractivity contribution in [1.29, 1.82) is 0 Å². The van der Waals surface area contributed by atoms with Crippen LogP contribution in [-0.2, 0) is 11.2 Å². The molecule has 3 aromatic rings. The predicted octanol–water partition coefficient (Wildman–Crippen LogP) is 1.63. The second kappa shape index (κ2) is 8.04. The van der Waals surface area contributed by atoms with Crippen molar-refractivity contribution in [2.24, 2.45) is 5.73 Å². The standard InChI is InChI=1S/C23H26N6O4/c1-23(2)10-14-8-17(27-22(31)16-11-26-29-6-3-5-25-21(16)29)19(9-18(14)33-23)32-15-4-7-28(12-15)13-20(24)30/h3,5-6,8-9,11,15H,4,7,10,12-13H2,1-2H3,(H2,24,30)(H,27,31)/t15-/m0/s1. The number of ether oxygens (including phenoxy) is 2. The van der Waals surface area contributed by atoms with Crippen LogP contribution in [0.2, 0.25) is 0 Å². The van der Waals surface area contributed by atoms with E-state index in [2.05, 4.69) is 15.4 Å². The molecular formula is C23H26N6O4. The van der Waals surface area contributed by atoms with Gasteiger partial charge in [0.2, 0.25) is 5.91 Å². The third kappa shape index (κ3) is 4.34. The van der Waals surface area contributed by atoms with Gasteiger partial charge in [-0.3, -0.25) is 14.5 Å². The summed E-state index contributed by atoms with van der Waals surface area (Å²) >= 11 is 0. The highest BCUT2D eigenvalue weighted by Crippen LogP contribution is 2.42. The van der Waals surface area contributed by atoms with Crippen LogP contribution in [0.25, 0.3) is 5.65 Å². The summed E-state index contributed by atoms with van der Waals surface area (Å²) in [6, 6.07) is 5.50. The topological polar surface area (TPSA) is 124 Å². The first-order valence-corrected chi connectivity index (χ1v) is 10.9. The second-order valence-corrected chi connectivity index (χ2v) is 9.12. The predicted molar refractivity (Wildman–Crippen MR) is 120 cm³/mol. The number of fused-ring (bicyclic) bond motifs is 2. The monoisotopic (exact) mass is 450 g/mol. The van der Waals surface area contributed by atoms with Crippen molar-refractivity contribution in [2.75, 3.05) is 25.0 Å². The summed E-state index contributed by atoms with van der Waals surface area (Å²) in [6.45, 7) is 5.55. The summed E-state index contributed by atoms with van der Waals surface area (Å²) in [6.07, 6.45) is 6.19. The number of benzene rings is 1. The van der Waals surface area contributed by atoms with Crippen LogP contribution in [0.4, 0.5) is 5.69 Å². The van der Waals surface area contributed by atoms with Gasteiger partial charge in [-0.25, -0.2) is 9.50 Å². The maximum Gasteiger partial charge on any atom is 0.261 e. The molecule has 2 aliphatic rings. The van der Waals surface area contributed by atoms with Gasteiger partial charge in [-0.1, -0.05) is 0 Å². The average molecular weight is 450 g/mol. The number of amides is 2. The Balaban J connectivity index is 1.42. The molecule has 0 spiro atoms. The molecular weight excluding hydrogens is 424 g/mol. The number of carbonyl (C=O) groups excluding carboxylic acids is 2. The van der Waals surface area contributed by atoms with E-state index < -0.39 is 0 Å². The van der Waals surface area contributed by atoms with Crippen LogP contribution >= 0.6 is 0 Å². The third-order valence-electron chi connectivity index (χ3n) is 5.84. The molecule has 5 rings (SSSR count). The summed E-state index contributed by atoms with van der Waals surface area (Å²) in [7, 11) is 0. The summed E-state index contributed by atoms with van der Waals surface area (Å²) in [5.74, 6) is 0.583. The molecule has 1 saturated heterocycles. The zero-order valence-corrected chi connectivity index (χ0v) is 18.6. The fourth-order valence-electron chi connectivity index (χ4n) is 4.44. The fourth-order valence-corrected chi connectivity index (χ4v) is 4.44. The number of hydrogen-bond donors (Lipinski definition) is 2. The van der Waals surface area contributed by atoms with Crippen LogP contribution in [-0.4, -0.2) is 62.7 Å². The number of rotatable bonds is 6. The smallest absolute Gasteiger partial charge is 0.261 e. The fraction of sp³-hybridized carbons (Fsp3) is 0.391. The minimum Gasteiger partial charge on any atom is -0.487 e. The second-order valence-electron chi connectivity index (χ2n) is 9.12. The Morgan fingerprint density at radius 1 is 1.36 bits per heavy atom. The maximum atomic E-state index is 13.1. The lowest BCUT2D eigenvalue weighted by Crippen LogP contribution is -2.33. The third-order valence-corrected chi connectivity index (χ3v) is 5.84. The molecule has 172 valence electrons. The molecule has 1 fully saturated rings. The molecule has 0 aliphatic carbocycles. The van der Waals surface area contributed by atoms with Gasteiger partial charge in [0.25, 0.3) is 5.91 Å². The Bertz CT molecular complexity index is 1240. The highest BCUT2D eigenvalue weighted by molar-refractivity contribution is 6.08. The lowest BCUT2D eigenvalue weighted by atomic mass is 10.0. The summed E-state index contributed by atoms with van der Waals surface area (Å²) in [4.78, 5) is 30.6. The lowest BCUT2D eigenvalue weighted by molar-refractivity contribution is -0.118. The molecule has 2 aliphatic heterocycles. The number of hydrogen-bond acceptors (Lipinski definition) is 7. The van der Waals surface area contributed by atoms with Crippen LogP contribution in [0.3, 0.4) is 0 Å². The van der Waals surface area contributed by atoms with Gasteiger partial charge in [0.1, 0.15) is 28.8 Å². The Morgan fingerprint density at radius 3 is 3.03 bits per heavy atom. The largest absolute Gasteiger partial charge is 0.487 e. The zero-order valence-electron chi connectivity index (χ0n) is 18.6. The molecule has 2 amide bonds. The average Bonchev–Trinajstić information content (AvgIpc) is 3.43. The Labute approximate surface area is 190 Å². The van der Waals surface area contributed by atoms with Crippen molar-refractivity contribution in [2.45, 2.75) is 38.4 Å². The van der Waals surface area contributed by atoms with Crippen LogP contribution in [0.15, 0.2) is 36.8 Å². The van der Waals surface area contributed by atoms with Crippen molar-refractivity contribution in [3.63, 3.8) is 0 Å². The van der Waals surface area contributed by atoms with E-state index in [1.54, 1.807) is 23.0 Å². The number of likely N-dealkylation sites (tertiary alicyclic amines) is 1. The normalized spacial score (nSPS) is 19.3. The molecule has 33 heavy (non-hydrogen) atoms. The molecule has 0 saturated carbocycles. The van der Waals surface area contributed by atoms with Crippen molar-refractivity contribution < 1.29 is 19.1 Å². The van der Waals surface area contributed by atoms with Gasteiger partial charge < -0.3 is 20.5 Å². The lowest BCUT2D eigenvalue weighted by Gasteiger charge is -2.19. The number of carbonyl (C=O) groups is 2. The van der Waals surface area contributed by atoms with Gasteiger partial charge in [0.05, 0.1) is 18.4 Å².